The highest BCUT2D eigenvalue weighted by atomic mass is 35.5. The van der Waals surface area contributed by atoms with Crippen molar-refractivity contribution in [2.45, 2.75) is 6.54 Å². The van der Waals surface area contributed by atoms with E-state index in [0.717, 1.165) is 29.1 Å². The Morgan fingerprint density at radius 2 is 1.86 bits per heavy atom. The number of benzene rings is 2. The average Bonchev–Trinajstić information content (AvgIpc) is 3.14. The summed E-state index contributed by atoms with van der Waals surface area (Å²) in [6.45, 7) is 0.820. The minimum absolute atomic E-state index is 0.711. The lowest BCUT2D eigenvalue weighted by Gasteiger charge is -2.07. The molecule has 0 atom stereocenters. The quantitative estimate of drug-likeness (QED) is 0.583. The van der Waals surface area contributed by atoms with Crippen LogP contribution in [0.4, 0.5) is 0 Å². The van der Waals surface area contributed by atoms with Gasteiger partial charge < -0.3 is 9.55 Å². The van der Waals surface area contributed by atoms with Crippen molar-refractivity contribution in [2.24, 2.45) is 0 Å². The lowest BCUT2D eigenvalue weighted by molar-refractivity contribution is 0.809. The number of rotatable bonds is 3. The second kappa shape index (κ2) is 5.35. The van der Waals surface area contributed by atoms with E-state index >= 15 is 0 Å². The molecule has 2 aromatic carbocycles. The van der Waals surface area contributed by atoms with E-state index in [9.17, 15) is 0 Å². The molecular formula is C18H14ClN3. The summed E-state index contributed by atoms with van der Waals surface area (Å²) in [5.74, 6) is 0.859. The molecule has 3 nitrogen and oxygen atoms in total. The Labute approximate surface area is 133 Å². The first-order valence-corrected chi connectivity index (χ1v) is 7.52. The highest BCUT2D eigenvalue weighted by molar-refractivity contribution is 6.31. The van der Waals surface area contributed by atoms with Crippen molar-refractivity contribution in [3.8, 4) is 11.5 Å². The first-order valence-electron chi connectivity index (χ1n) is 7.14. The van der Waals surface area contributed by atoms with Gasteiger partial charge in [-0.15, -0.1) is 0 Å². The largest absolute Gasteiger partial charge is 0.341 e. The van der Waals surface area contributed by atoms with Gasteiger partial charge in [0.05, 0.1) is 16.7 Å². The zero-order chi connectivity index (χ0) is 14.9. The number of nitrogens with one attached hydrogen (secondary N) is 1. The van der Waals surface area contributed by atoms with Gasteiger partial charge in [0.2, 0.25) is 0 Å². The maximum absolute atomic E-state index is 6.04. The van der Waals surface area contributed by atoms with Crippen LogP contribution in [0.5, 0.6) is 0 Å². The van der Waals surface area contributed by atoms with Gasteiger partial charge in [-0.2, -0.15) is 0 Å². The summed E-state index contributed by atoms with van der Waals surface area (Å²) >= 11 is 6.04. The Hall–Kier alpha value is -2.52. The number of aromatic nitrogens is 3. The minimum atomic E-state index is 0.711. The summed E-state index contributed by atoms with van der Waals surface area (Å²) in [6, 6.07) is 20.2. The maximum Gasteiger partial charge on any atom is 0.155 e. The molecule has 4 aromatic rings. The van der Waals surface area contributed by atoms with E-state index in [0.29, 0.717) is 5.02 Å². The zero-order valence-corrected chi connectivity index (χ0v) is 12.6. The van der Waals surface area contributed by atoms with Crippen molar-refractivity contribution < 1.29 is 0 Å². The molecule has 0 amide bonds. The molecule has 0 aliphatic heterocycles. The summed E-state index contributed by atoms with van der Waals surface area (Å²) in [7, 11) is 0. The second-order valence-corrected chi connectivity index (χ2v) is 5.69. The van der Waals surface area contributed by atoms with E-state index in [4.69, 9.17) is 11.6 Å². The van der Waals surface area contributed by atoms with Crippen LogP contribution in [0.2, 0.25) is 5.02 Å². The summed E-state index contributed by atoms with van der Waals surface area (Å²) in [5, 5.41) is 0.711. The molecule has 0 spiro atoms. The van der Waals surface area contributed by atoms with Gasteiger partial charge in [-0.05, 0) is 35.9 Å². The van der Waals surface area contributed by atoms with Crippen molar-refractivity contribution >= 4 is 22.6 Å². The van der Waals surface area contributed by atoms with Crippen molar-refractivity contribution in [3.05, 3.63) is 77.4 Å². The first-order chi connectivity index (χ1) is 10.8. The number of nitrogens with zero attached hydrogens (tertiary/aromatic N) is 2. The summed E-state index contributed by atoms with van der Waals surface area (Å²) in [5.41, 5.74) is 4.21. The number of H-pyrrole nitrogens is 1. The fourth-order valence-corrected chi connectivity index (χ4v) is 2.82. The van der Waals surface area contributed by atoms with E-state index in [1.807, 2.05) is 30.3 Å². The minimum Gasteiger partial charge on any atom is -0.341 e. The van der Waals surface area contributed by atoms with Crippen molar-refractivity contribution in [2.75, 3.05) is 0 Å². The van der Waals surface area contributed by atoms with Crippen LogP contribution in [-0.4, -0.2) is 14.5 Å². The number of imidazole rings is 1. The third-order valence-corrected chi connectivity index (χ3v) is 3.95. The molecule has 0 aliphatic carbocycles. The van der Waals surface area contributed by atoms with Crippen LogP contribution in [0.3, 0.4) is 0 Å². The molecule has 4 rings (SSSR count). The fourth-order valence-electron chi connectivity index (χ4n) is 2.65. The number of aromatic amines is 1. The fraction of sp³-hybridized carbons (Fsp3) is 0.0556. The van der Waals surface area contributed by atoms with E-state index in [2.05, 4.69) is 51.1 Å². The van der Waals surface area contributed by atoms with Crippen molar-refractivity contribution in [1.29, 1.82) is 0 Å². The molecule has 22 heavy (non-hydrogen) atoms. The summed E-state index contributed by atoms with van der Waals surface area (Å²) in [6.07, 6.45) is 2.07. The van der Waals surface area contributed by atoms with Gasteiger partial charge in [-0.3, -0.25) is 0 Å². The molecular weight excluding hydrogens is 294 g/mol. The average molecular weight is 308 g/mol. The number of halogens is 1. The highest BCUT2D eigenvalue weighted by Gasteiger charge is 2.10. The predicted octanol–water partition coefficient (Wildman–Crippen LogP) is 4.73. The standard InChI is InChI=1S/C18H14ClN3/c19-14-8-9-15-16(11-14)21-18(20-15)17-7-4-10-22(17)12-13-5-2-1-3-6-13/h1-11H,12H2,(H,20,21). The van der Waals surface area contributed by atoms with E-state index in [-0.39, 0.29) is 0 Å². The molecule has 2 aromatic heterocycles. The molecule has 0 saturated carbocycles. The lowest BCUT2D eigenvalue weighted by atomic mass is 10.2. The molecule has 108 valence electrons. The Bertz CT molecular complexity index is 922. The van der Waals surface area contributed by atoms with Gasteiger partial charge in [0, 0.05) is 17.8 Å². The third kappa shape index (κ3) is 2.40. The van der Waals surface area contributed by atoms with Gasteiger partial charge in [-0.1, -0.05) is 41.9 Å². The van der Waals surface area contributed by atoms with Crippen LogP contribution in [0, 0.1) is 0 Å². The molecule has 4 heteroatoms. The maximum atomic E-state index is 6.04. The van der Waals surface area contributed by atoms with Gasteiger partial charge in [0.15, 0.2) is 5.82 Å². The van der Waals surface area contributed by atoms with Crippen molar-refractivity contribution in [1.82, 2.24) is 14.5 Å². The molecule has 0 unspecified atom stereocenters. The van der Waals surface area contributed by atoms with E-state index in [1.54, 1.807) is 0 Å². The lowest BCUT2D eigenvalue weighted by Crippen LogP contribution is -2.00. The molecule has 1 N–H and O–H groups in total. The van der Waals surface area contributed by atoms with Gasteiger partial charge >= 0.3 is 0 Å². The molecule has 0 bridgehead atoms. The number of hydrogen-bond acceptors (Lipinski definition) is 1. The molecule has 0 fully saturated rings. The first kappa shape index (κ1) is 13.2. The molecule has 0 saturated heterocycles. The Morgan fingerprint density at radius 1 is 1.00 bits per heavy atom. The van der Waals surface area contributed by atoms with Crippen LogP contribution in [0.25, 0.3) is 22.6 Å². The second-order valence-electron chi connectivity index (χ2n) is 5.25. The Balaban J connectivity index is 1.74. The topological polar surface area (TPSA) is 33.6 Å². The van der Waals surface area contributed by atoms with Crippen LogP contribution >= 0.6 is 11.6 Å². The smallest absolute Gasteiger partial charge is 0.155 e. The van der Waals surface area contributed by atoms with Gasteiger partial charge in [0.1, 0.15) is 0 Å². The monoisotopic (exact) mass is 307 g/mol. The highest BCUT2D eigenvalue weighted by Crippen LogP contribution is 2.24. The summed E-state index contributed by atoms with van der Waals surface area (Å²) in [4.78, 5) is 8.01. The van der Waals surface area contributed by atoms with Crippen LogP contribution in [-0.2, 0) is 6.54 Å². The van der Waals surface area contributed by atoms with Crippen LogP contribution in [0.15, 0.2) is 66.9 Å². The molecule has 0 aliphatic rings. The van der Waals surface area contributed by atoms with E-state index < -0.39 is 0 Å². The van der Waals surface area contributed by atoms with Crippen molar-refractivity contribution in [3.63, 3.8) is 0 Å². The Kier molecular flexibility index (Phi) is 3.20. The molecule has 2 heterocycles. The predicted molar refractivity (Wildman–Crippen MR) is 90.1 cm³/mol. The number of fused-ring (bicyclic) bond motifs is 1. The van der Waals surface area contributed by atoms with Crippen LogP contribution < -0.4 is 0 Å². The van der Waals surface area contributed by atoms with E-state index in [1.165, 1.54) is 5.56 Å². The van der Waals surface area contributed by atoms with Gasteiger partial charge in [0.25, 0.3) is 0 Å². The SMILES string of the molecule is Clc1ccc2nc(-c3cccn3Cc3ccccc3)[nH]c2c1. The van der Waals surface area contributed by atoms with Crippen LogP contribution in [0.1, 0.15) is 5.56 Å². The normalized spacial score (nSPS) is 11.1. The molecule has 0 radical (unpaired) electrons. The Morgan fingerprint density at radius 3 is 2.73 bits per heavy atom. The third-order valence-electron chi connectivity index (χ3n) is 3.71. The summed E-state index contributed by atoms with van der Waals surface area (Å²) < 4.78 is 2.19. The van der Waals surface area contributed by atoms with Gasteiger partial charge in [-0.25, -0.2) is 4.98 Å². The zero-order valence-electron chi connectivity index (χ0n) is 11.8. The number of hydrogen-bond donors (Lipinski definition) is 1.